The lowest BCUT2D eigenvalue weighted by Gasteiger charge is -2.35. The largest absolute Gasteiger partial charge is 0.456 e. The van der Waals surface area contributed by atoms with Gasteiger partial charge in [0.25, 0.3) is 5.91 Å². The first-order valence-corrected chi connectivity index (χ1v) is 10.2. The number of ether oxygens (including phenoxy) is 1. The molecular weight excluding hydrogens is 401 g/mol. The van der Waals surface area contributed by atoms with Gasteiger partial charge in [-0.05, 0) is 55.7 Å². The van der Waals surface area contributed by atoms with Crippen LogP contribution in [0.3, 0.4) is 0 Å². The van der Waals surface area contributed by atoms with Gasteiger partial charge < -0.3 is 14.2 Å². The van der Waals surface area contributed by atoms with E-state index in [9.17, 15) is 14.0 Å². The third-order valence-corrected chi connectivity index (χ3v) is 5.26. The Labute approximate surface area is 178 Å². The summed E-state index contributed by atoms with van der Waals surface area (Å²) in [4.78, 5) is 30.7. The van der Waals surface area contributed by atoms with Gasteiger partial charge in [0.1, 0.15) is 5.82 Å². The summed E-state index contributed by atoms with van der Waals surface area (Å²) >= 11 is 0. The first-order chi connectivity index (χ1) is 15.0. The summed E-state index contributed by atoms with van der Waals surface area (Å²) in [6, 6.07) is 13.5. The van der Waals surface area contributed by atoms with Gasteiger partial charge in [0.15, 0.2) is 6.61 Å². The van der Waals surface area contributed by atoms with E-state index in [1.165, 1.54) is 12.1 Å². The van der Waals surface area contributed by atoms with Crippen LogP contribution in [0, 0.1) is 5.82 Å². The topological polar surface area (TPSA) is 85.5 Å². The van der Waals surface area contributed by atoms with E-state index in [4.69, 9.17) is 9.26 Å². The predicted molar refractivity (Wildman–Crippen MR) is 111 cm³/mol. The molecule has 1 unspecified atom stereocenters. The van der Waals surface area contributed by atoms with Crippen LogP contribution in [0.5, 0.6) is 0 Å². The number of rotatable bonds is 6. The zero-order valence-corrected chi connectivity index (χ0v) is 17.1. The molecule has 1 aromatic heterocycles. The van der Waals surface area contributed by atoms with E-state index in [-0.39, 0.29) is 43.1 Å². The Balaban J connectivity index is 1.29. The highest BCUT2D eigenvalue weighted by Gasteiger charge is 2.28. The van der Waals surface area contributed by atoms with E-state index in [1.807, 2.05) is 31.2 Å². The van der Waals surface area contributed by atoms with Gasteiger partial charge in [0.2, 0.25) is 11.7 Å². The fourth-order valence-electron chi connectivity index (χ4n) is 3.63. The number of carbonyl (C=O) groups excluding carboxylic acids is 2. The second kappa shape index (κ2) is 9.07. The van der Waals surface area contributed by atoms with Gasteiger partial charge in [-0.3, -0.25) is 9.59 Å². The Morgan fingerprint density at radius 3 is 2.77 bits per heavy atom. The maximum Gasteiger partial charge on any atom is 0.306 e. The molecule has 0 saturated carbocycles. The second-order valence-corrected chi connectivity index (χ2v) is 7.46. The van der Waals surface area contributed by atoms with Crippen molar-refractivity contribution in [2.24, 2.45) is 0 Å². The molecule has 3 aromatic rings. The molecule has 0 aliphatic carbocycles. The summed E-state index contributed by atoms with van der Waals surface area (Å²) in [6.07, 6.45) is 1.98. The summed E-state index contributed by atoms with van der Waals surface area (Å²) in [7, 11) is 0. The standard InChI is InChI=1S/C23H22FN3O4/c1-15-6-7-16-4-2-3-5-19(16)27(15)21(28)14-30-22(29)13-12-20-25-23(26-31-20)17-8-10-18(24)11-9-17/h2-5,8-11,15H,6-7,12-14H2,1H3. The average molecular weight is 423 g/mol. The highest BCUT2D eigenvalue weighted by molar-refractivity contribution is 5.96. The van der Waals surface area contributed by atoms with Crippen LogP contribution in [0.15, 0.2) is 53.1 Å². The molecule has 0 radical (unpaired) electrons. The maximum atomic E-state index is 13.0. The van der Waals surface area contributed by atoms with Crippen LogP contribution in [0.25, 0.3) is 11.4 Å². The molecule has 0 spiro atoms. The van der Waals surface area contributed by atoms with Crippen molar-refractivity contribution >= 4 is 17.6 Å². The molecule has 4 rings (SSSR count). The number of carbonyl (C=O) groups is 2. The van der Waals surface area contributed by atoms with Crippen molar-refractivity contribution < 1.29 is 23.2 Å². The van der Waals surface area contributed by atoms with Gasteiger partial charge >= 0.3 is 5.97 Å². The number of amides is 1. The van der Waals surface area contributed by atoms with Crippen molar-refractivity contribution in [2.45, 2.75) is 38.6 Å². The Morgan fingerprint density at radius 1 is 1.19 bits per heavy atom. The monoisotopic (exact) mass is 423 g/mol. The van der Waals surface area contributed by atoms with E-state index in [0.29, 0.717) is 11.4 Å². The first kappa shape index (κ1) is 20.7. The number of benzene rings is 2. The quantitative estimate of drug-likeness (QED) is 0.562. The van der Waals surface area contributed by atoms with Crippen LogP contribution in [0.2, 0.25) is 0 Å². The summed E-state index contributed by atoms with van der Waals surface area (Å²) < 4.78 is 23.3. The second-order valence-electron chi connectivity index (χ2n) is 7.46. The number of hydrogen-bond donors (Lipinski definition) is 0. The molecule has 1 atom stereocenters. The Kier molecular flexibility index (Phi) is 6.06. The minimum Gasteiger partial charge on any atom is -0.456 e. The van der Waals surface area contributed by atoms with Crippen LogP contribution in [-0.4, -0.2) is 34.7 Å². The van der Waals surface area contributed by atoms with E-state index < -0.39 is 5.97 Å². The summed E-state index contributed by atoms with van der Waals surface area (Å²) in [5.74, 6) is -0.540. The fourth-order valence-corrected chi connectivity index (χ4v) is 3.63. The normalized spacial score (nSPS) is 15.4. The number of hydrogen-bond acceptors (Lipinski definition) is 6. The molecule has 31 heavy (non-hydrogen) atoms. The molecule has 160 valence electrons. The highest BCUT2D eigenvalue weighted by atomic mass is 19.1. The third kappa shape index (κ3) is 4.79. The van der Waals surface area contributed by atoms with Gasteiger partial charge in [0, 0.05) is 23.7 Å². The lowest BCUT2D eigenvalue weighted by atomic mass is 9.96. The first-order valence-electron chi connectivity index (χ1n) is 10.2. The number of nitrogens with zero attached hydrogens (tertiary/aromatic N) is 3. The zero-order chi connectivity index (χ0) is 21.8. The number of anilines is 1. The van der Waals surface area contributed by atoms with Gasteiger partial charge in [-0.1, -0.05) is 23.4 Å². The molecule has 0 saturated heterocycles. The van der Waals surface area contributed by atoms with E-state index in [2.05, 4.69) is 10.1 Å². The van der Waals surface area contributed by atoms with E-state index in [0.717, 1.165) is 24.1 Å². The van der Waals surface area contributed by atoms with Crippen molar-refractivity contribution in [3.63, 3.8) is 0 Å². The smallest absolute Gasteiger partial charge is 0.306 e. The Morgan fingerprint density at radius 2 is 1.97 bits per heavy atom. The molecule has 0 N–H and O–H groups in total. The molecule has 2 heterocycles. The van der Waals surface area contributed by atoms with Gasteiger partial charge in [-0.2, -0.15) is 4.98 Å². The molecule has 8 heteroatoms. The van der Waals surface area contributed by atoms with Crippen LogP contribution in [-0.2, 0) is 27.2 Å². The molecule has 0 fully saturated rings. The van der Waals surface area contributed by atoms with E-state index in [1.54, 1.807) is 17.0 Å². The SMILES string of the molecule is CC1CCc2ccccc2N1C(=O)COC(=O)CCc1nc(-c2ccc(F)cc2)no1. The number of halogens is 1. The molecule has 7 nitrogen and oxygen atoms in total. The molecule has 1 aliphatic heterocycles. The number of aryl methyl sites for hydroxylation is 2. The molecule has 1 aliphatic rings. The minimum atomic E-state index is -0.521. The van der Waals surface area contributed by atoms with E-state index >= 15 is 0 Å². The average Bonchev–Trinajstić information content (AvgIpc) is 3.25. The third-order valence-electron chi connectivity index (χ3n) is 5.26. The molecular formula is C23H22FN3O4. The Bertz CT molecular complexity index is 1080. The van der Waals surface area contributed by atoms with Crippen molar-refractivity contribution in [3.05, 3.63) is 65.8 Å². The van der Waals surface area contributed by atoms with Gasteiger partial charge in [-0.25, -0.2) is 4.39 Å². The summed E-state index contributed by atoms with van der Waals surface area (Å²) in [5, 5.41) is 3.84. The van der Waals surface area contributed by atoms with Crippen molar-refractivity contribution in [3.8, 4) is 11.4 Å². The van der Waals surface area contributed by atoms with Crippen LogP contribution in [0.4, 0.5) is 10.1 Å². The lowest BCUT2D eigenvalue weighted by Crippen LogP contribution is -2.44. The molecule has 0 bridgehead atoms. The number of fused-ring (bicyclic) bond motifs is 1. The van der Waals surface area contributed by atoms with Gasteiger partial charge in [0.05, 0.1) is 6.42 Å². The maximum absolute atomic E-state index is 13.0. The highest BCUT2D eigenvalue weighted by Crippen LogP contribution is 2.30. The van der Waals surface area contributed by atoms with Crippen molar-refractivity contribution in [2.75, 3.05) is 11.5 Å². The van der Waals surface area contributed by atoms with Crippen molar-refractivity contribution in [1.29, 1.82) is 0 Å². The van der Waals surface area contributed by atoms with Crippen LogP contribution < -0.4 is 4.90 Å². The summed E-state index contributed by atoms with van der Waals surface area (Å²) in [5.41, 5.74) is 2.61. The fraction of sp³-hybridized carbons (Fsp3) is 0.304. The van der Waals surface area contributed by atoms with Crippen LogP contribution in [0.1, 0.15) is 31.2 Å². The number of esters is 1. The minimum absolute atomic E-state index is 0.00444. The molecule has 1 amide bonds. The summed E-state index contributed by atoms with van der Waals surface area (Å²) in [6.45, 7) is 1.67. The Hall–Kier alpha value is -3.55. The number of aromatic nitrogens is 2. The van der Waals surface area contributed by atoms with Crippen LogP contribution >= 0.6 is 0 Å². The predicted octanol–water partition coefficient (Wildman–Crippen LogP) is 3.72. The van der Waals surface area contributed by atoms with Crippen molar-refractivity contribution in [1.82, 2.24) is 10.1 Å². The molecule has 2 aromatic carbocycles. The zero-order valence-electron chi connectivity index (χ0n) is 17.1. The lowest BCUT2D eigenvalue weighted by molar-refractivity contribution is -0.148. The van der Waals surface area contributed by atoms with Gasteiger partial charge in [-0.15, -0.1) is 0 Å². The number of para-hydroxylation sites is 1.